The molecule has 3 heterocycles. The summed E-state index contributed by atoms with van der Waals surface area (Å²) in [6.45, 7) is 7.37. The van der Waals surface area contributed by atoms with Crippen LogP contribution in [0.1, 0.15) is 33.3 Å². The molecule has 1 aromatic carbocycles. The molecule has 0 unspecified atom stereocenters. The molecule has 7 nitrogen and oxygen atoms in total. The summed E-state index contributed by atoms with van der Waals surface area (Å²) in [7, 11) is 0. The van der Waals surface area contributed by atoms with Crippen LogP contribution in [0.4, 0.5) is 0 Å². The van der Waals surface area contributed by atoms with Gasteiger partial charge < -0.3 is 28.4 Å². The van der Waals surface area contributed by atoms with Gasteiger partial charge in [0.05, 0.1) is 0 Å². The monoisotopic (exact) mass is 390 g/mol. The minimum Gasteiger partial charge on any atom is -0.460 e. The standard InChI is InChI=1S/C21H26O7/c1-20(2)25-16-14(12-23-15(22)11-10-13-8-6-5-7-9-13)24-19-18(17(16)26-20)27-21(3,4)28-19/h5-11,14,16-19H,12H2,1-4H3/b11-10+/t14-,16-,17-,18-,19+/m1/s1. The van der Waals surface area contributed by atoms with Crippen molar-refractivity contribution < 1.29 is 33.2 Å². The van der Waals surface area contributed by atoms with Crippen molar-refractivity contribution in [1.29, 1.82) is 0 Å². The number of fused-ring (bicyclic) bond motifs is 3. The molecule has 3 aliphatic heterocycles. The van der Waals surface area contributed by atoms with Gasteiger partial charge in [-0.3, -0.25) is 0 Å². The molecule has 0 aliphatic carbocycles. The minimum absolute atomic E-state index is 0.0333. The van der Waals surface area contributed by atoms with Gasteiger partial charge >= 0.3 is 5.97 Å². The van der Waals surface area contributed by atoms with E-state index in [4.69, 9.17) is 28.4 Å². The number of carbonyl (C=O) groups excluding carboxylic acids is 1. The van der Waals surface area contributed by atoms with E-state index in [0.717, 1.165) is 5.56 Å². The lowest BCUT2D eigenvalue weighted by molar-refractivity contribution is -0.242. The Morgan fingerprint density at radius 3 is 2.36 bits per heavy atom. The summed E-state index contributed by atoms with van der Waals surface area (Å²) < 4.78 is 35.2. The van der Waals surface area contributed by atoms with E-state index in [1.54, 1.807) is 6.08 Å². The van der Waals surface area contributed by atoms with E-state index in [9.17, 15) is 4.79 Å². The number of hydrogen-bond donors (Lipinski definition) is 0. The molecule has 7 heteroatoms. The van der Waals surface area contributed by atoms with Crippen LogP contribution in [0.2, 0.25) is 0 Å². The normalized spacial score (nSPS) is 35.5. The molecule has 0 bridgehead atoms. The number of hydrogen-bond acceptors (Lipinski definition) is 7. The van der Waals surface area contributed by atoms with Crippen molar-refractivity contribution in [2.24, 2.45) is 0 Å². The highest BCUT2D eigenvalue weighted by atomic mass is 16.9. The minimum atomic E-state index is -0.779. The second-order valence-electron chi connectivity index (χ2n) is 8.08. The zero-order valence-corrected chi connectivity index (χ0v) is 16.5. The van der Waals surface area contributed by atoms with Crippen molar-refractivity contribution in [2.75, 3.05) is 6.61 Å². The van der Waals surface area contributed by atoms with Crippen molar-refractivity contribution >= 4 is 12.0 Å². The van der Waals surface area contributed by atoms with Gasteiger partial charge in [-0.15, -0.1) is 0 Å². The van der Waals surface area contributed by atoms with Crippen LogP contribution in [-0.2, 0) is 33.2 Å². The summed E-state index contributed by atoms with van der Waals surface area (Å²) in [4.78, 5) is 12.1. The smallest absolute Gasteiger partial charge is 0.330 e. The molecule has 5 atom stereocenters. The first-order valence-electron chi connectivity index (χ1n) is 9.49. The first-order valence-corrected chi connectivity index (χ1v) is 9.49. The second-order valence-corrected chi connectivity index (χ2v) is 8.08. The Morgan fingerprint density at radius 2 is 1.61 bits per heavy atom. The molecule has 152 valence electrons. The Hall–Kier alpha value is -1.77. The van der Waals surface area contributed by atoms with Gasteiger partial charge in [0, 0.05) is 6.08 Å². The van der Waals surface area contributed by atoms with E-state index in [1.165, 1.54) is 6.08 Å². The lowest BCUT2D eigenvalue weighted by Crippen LogP contribution is -2.56. The van der Waals surface area contributed by atoms with Gasteiger partial charge in [0.25, 0.3) is 0 Å². The molecule has 0 N–H and O–H groups in total. The Balaban J connectivity index is 1.41. The fourth-order valence-electron chi connectivity index (χ4n) is 3.77. The lowest BCUT2D eigenvalue weighted by Gasteiger charge is -2.36. The lowest BCUT2D eigenvalue weighted by atomic mass is 9.99. The molecule has 0 radical (unpaired) electrons. The number of ether oxygens (including phenoxy) is 6. The largest absolute Gasteiger partial charge is 0.460 e. The molecule has 0 spiro atoms. The predicted octanol–water partition coefficient (Wildman–Crippen LogP) is 2.64. The van der Waals surface area contributed by atoms with Crippen LogP contribution >= 0.6 is 0 Å². The van der Waals surface area contributed by atoms with Crippen LogP contribution < -0.4 is 0 Å². The highest BCUT2D eigenvalue weighted by Crippen LogP contribution is 2.44. The molecule has 1 aromatic rings. The van der Waals surface area contributed by atoms with E-state index in [2.05, 4.69) is 0 Å². The summed E-state index contributed by atoms with van der Waals surface area (Å²) in [5.41, 5.74) is 0.921. The van der Waals surface area contributed by atoms with Crippen LogP contribution in [-0.4, -0.2) is 54.9 Å². The third-order valence-electron chi connectivity index (χ3n) is 4.85. The highest BCUT2D eigenvalue weighted by Gasteiger charge is 2.60. The summed E-state index contributed by atoms with van der Waals surface area (Å²) in [5.74, 6) is -2.01. The number of carbonyl (C=O) groups is 1. The average molecular weight is 390 g/mol. The van der Waals surface area contributed by atoms with Gasteiger partial charge in [-0.05, 0) is 39.3 Å². The number of rotatable bonds is 4. The maximum Gasteiger partial charge on any atom is 0.330 e. The molecule has 0 aromatic heterocycles. The second kappa shape index (κ2) is 7.24. The zero-order chi connectivity index (χ0) is 19.9. The zero-order valence-electron chi connectivity index (χ0n) is 16.5. The summed E-state index contributed by atoms with van der Waals surface area (Å²) in [6.07, 6.45) is 0.812. The first kappa shape index (κ1) is 19.5. The van der Waals surface area contributed by atoms with Crippen LogP contribution in [0.3, 0.4) is 0 Å². The van der Waals surface area contributed by atoms with E-state index in [1.807, 2.05) is 58.0 Å². The topological polar surface area (TPSA) is 72.5 Å². The van der Waals surface area contributed by atoms with Crippen molar-refractivity contribution in [1.82, 2.24) is 0 Å². The Morgan fingerprint density at radius 1 is 0.964 bits per heavy atom. The molecule has 0 amide bonds. The van der Waals surface area contributed by atoms with E-state index in [0.29, 0.717) is 0 Å². The van der Waals surface area contributed by atoms with Crippen LogP contribution in [0.5, 0.6) is 0 Å². The quantitative estimate of drug-likeness (QED) is 0.578. The molecule has 0 saturated carbocycles. The molecule has 3 saturated heterocycles. The molecule has 4 rings (SSSR count). The van der Waals surface area contributed by atoms with Crippen molar-refractivity contribution in [3.05, 3.63) is 42.0 Å². The maximum absolute atomic E-state index is 12.1. The maximum atomic E-state index is 12.1. The average Bonchev–Trinajstić information content (AvgIpc) is 3.12. The van der Waals surface area contributed by atoms with Crippen molar-refractivity contribution in [3.8, 4) is 0 Å². The van der Waals surface area contributed by atoms with Crippen LogP contribution in [0, 0.1) is 0 Å². The number of benzene rings is 1. The predicted molar refractivity (Wildman–Crippen MR) is 99.0 cm³/mol. The van der Waals surface area contributed by atoms with Gasteiger partial charge in [0.15, 0.2) is 17.9 Å². The Bertz CT molecular complexity index is 742. The van der Waals surface area contributed by atoms with E-state index in [-0.39, 0.29) is 12.7 Å². The Labute approximate surface area is 164 Å². The molecular weight excluding hydrogens is 364 g/mol. The molecule has 3 aliphatic rings. The Kier molecular flexibility index (Phi) is 5.05. The SMILES string of the molecule is CC1(C)O[C@@H]2O[C@H](COC(=O)/C=C/c3ccccc3)[C@H]3OC(C)(C)O[C@H]3[C@H]2O1. The van der Waals surface area contributed by atoms with Gasteiger partial charge in [-0.2, -0.15) is 0 Å². The third-order valence-corrected chi connectivity index (χ3v) is 4.85. The van der Waals surface area contributed by atoms with Gasteiger partial charge in [-0.1, -0.05) is 30.3 Å². The molecule has 28 heavy (non-hydrogen) atoms. The highest BCUT2D eigenvalue weighted by molar-refractivity contribution is 5.87. The molecule has 3 fully saturated rings. The summed E-state index contributed by atoms with van der Waals surface area (Å²) in [6, 6.07) is 9.54. The fraction of sp³-hybridized carbons (Fsp3) is 0.571. The van der Waals surface area contributed by atoms with Gasteiger partial charge in [-0.25, -0.2) is 4.79 Å². The van der Waals surface area contributed by atoms with Crippen molar-refractivity contribution in [2.45, 2.75) is 70.0 Å². The summed E-state index contributed by atoms with van der Waals surface area (Å²) in [5, 5.41) is 0. The van der Waals surface area contributed by atoms with E-state index >= 15 is 0 Å². The fourth-order valence-corrected chi connectivity index (χ4v) is 3.77. The van der Waals surface area contributed by atoms with Crippen molar-refractivity contribution in [3.63, 3.8) is 0 Å². The first-order chi connectivity index (χ1) is 13.2. The molecular formula is C21H26O7. The number of esters is 1. The van der Waals surface area contributed by atoms with Gasteiger partial charge in [0.2, 0.25) is 0 Å². The van der Waals surface area contributed by atoms with Gasteiger partial charge in [0.1, 0.15) is 31.0 Å². The van der Waals surface area contributed by atoms with Crippen LogP contribution in [0.15, 0.2) is 36.4 Å². The third kappa shape index (κ3) is 4.14. The van der Waals surface area contributed by atoms with E-state index < -0.39 is 42.1 Å². The van der Waals surface area contributed by atoms with Crippen LogP contribution in [0.25, 0.3) is 6.08 Å². The summed E-state index contributed by atoms with van der Waals surface area (Å²) >= 11 is 0.